The van der Waals surface area contributed by atoms with Crippen LogP contribution in [0.2, 0.25) is 10.0 Å². The van der Waals surface area contributed by atoms with E-state index in [2.05, 4.69) is 18.2 Å². The standard InChI is InChI=1S/C25H21Cl2N3O2S/c1-4-32-12-16-13-33-23(28-16)14-5-8-22-18(9-14)19-11-20(17-7-6-15(26)10-21(17)27)25(31)30(3)24(19)29(22)2/h5-11,13H,4,12H2,1-3H3. The molecule has 3 heterocycles. The monoisotopic (exact) mass is 497 g/mol. The number of thiazole rings is 1. The number of pyridine rings is 1. The summed E-state index contributed by atoms with van der Waals surface area (Å²) in [5, 5.41) is 5.97. The fourth-order valence-electron chi connectivity index (χ4n) is 4.24. The molecule has 5 nitrogen and oxygen atoms in total. The molecule has 2 aromatic carbocycles. The molecule has 8 heteroatoms. The zero-order chi connectivity index (χ0) is 23.3. The van der Waals surface area contributed by atoms with Crippen molar-refractivity contribution in [2.24, 2.45) is 14.1 Å². The van der Waals surface area contributed by atoms with E-state index in [1.54, 1.807) is 41.2 Å². The number of rotatable bonds is 5. The first-order valence-electron chi connectivity index (χ1n) is 10.5. The topological polar surface area (TPSA) is 49.0 Å². The van der Waals surface area contributed by atoms with E-state index in [4.69, 9.17) is 32.9 Å². The van der Waals surface area contributed by atoms with Crippen LogP contribution in [-0.4, -0.2) is 20.7 Å². The second-order valence-electron chi connectivity index (χ2n) is 7.86. The minimum atomic E-state index is -0.113. The van der Waals surface area contributed by atoms with Crippen LogP contribution in [0, 0.1) is 0 Å². The van der Waals surface area contributed by atoms with Gasteiger partial charge in [-0.3, -0.25) is 9.36 Å². The maximum Gasteiger partial charge on any atom is 0.259 e. The summed E-state index contributed by atoms with van der Waals surface area (Å²) in [5.74, 6) is 0. The van der Waals surface area contributed by atoms with Crippen molar-refractivity contribution < 1.29 is 4.74 Å². The van der Waals surface area contributed by atoms with Crippen LogP contribution in [0.15, 0.2) is 52.6 Å². The Bertz CT molecular complexity index is 1580. The van der Waals surface area contributed by atoms with Gasteiger partial charge in [0, 0.05) is 58.6 Å². The number of hydrogen-bond acceptors (Lipinski definition) is 4. The summed E-state index contributed by atoms with van der Waals surface area (Å²) in [6.07, 6.45) is 0. The predicted molar refractivity (Wildman–Crippen MR) is 138 cm³/mol. The quantitative estimate of drug-likeness (QED) is 0.272. The smallest absolute Gasteiger partial charge is 0.259 e. The third-order valence-corrected chi connectivity index (χ3v) is 7.31. The number of hydrogen-bond donors (Lipinski definition) is 0. The van der Waals surface area contributed by atoms with Crippen LogP contribution >= 0.6 is 34.5 Å². The molecule has 5 rings (SSSR count). The number of benzene rings is 2. The Hall–Kier alpha value is -2.64. The summed E-state index contributed by atoms with van der Waals surface area (Å²) in [6, 6.07) is 13.4. The molecule has 0 saturated heterocycles. The summed E-state index contributed by atoms with van der Waals surface area (Å²) in [7, 11) is 3.76. The first-order chi connectivity index (χ1) is 15.9. The lowest BCUT2D eigenvalue weighted by Gasteiger charge is -2.09. The highest BCUT2D eigenvalue weighted by molar-refractivity contribution is 7.13. The van der Waals surface area contributed by atoms with E-state index < -0.39 is 0 Å². The minimum Gasteiger partial charge on any atom is -0.375 e. The summed E-state index contributed by atoms with van der Waals surface area (Å²) in [4.78, 5) is 18.0. The zero-order valence-corrected chi connectivity index (χ0v) is 20.7. The van der Waals surface area contributed by atoms with Gasteiger partial charge < -0.3 is 9.30 Å². The lowest BCUT2D eigenvalue weighted by atomic mass is 10.0. The van der Waals surface area contributed by atoms with Crippen LogP contribution in [0.1, 0.15) is 12.6 Å². The van der Waals surface area contributed by atoms with Crippen molar-refractivity contribution in [1.29, 1.82) is 0 Å². The Kier molecular flexibility index (Phi) is 5.79. The van der Waals surface area contributed by atoms with E-state index in [-0.39, 0.29) is 5.56 Å². The van der Waals surface area contributed by atoms with Crippen molar-refractivity contribution in [3.63, 3.8) is 0 Å². The highest BCUT2D eigenvalue weighted by Gasteiger charge is 2.18. The molecule has 0 amide bonds. The van der Waals surface area contributed by atoms with Gasteiger partial charge in [0.15, 0.2) is 0 Å². The SMILES string of the molecule is CCOCc1csc(-c2ccc3c(c2)c2cc(-c4ccc(Cl)cc4Cl)c(=O)n(C)c2n3C)n1. The van der Waals surface area contributed by atoms with Gasteiger partial charge in [-0.2, -0.15) is 0 Å². The fourth-order valence-corrected chi connectivity index (χ4v) is 5.55. The molecular weight excluding hydrogens is 477 g/mol. The number of fused-ring (bicyclic) bond motifs is 3. The minimum absolute atomic E-state index is 0.113. The number of nitrogens with zero attached hydrogens (tertiary/aromatic N) is 3. The van der Waals surface area contributed by atoms with E-state index in [1.165, 1.54) is 0 Å². The summed E-state index contributed by atoms with van der Waals surface area (Å²) in [6.45, 7) is 3.14. The number of ether oxygens (including phenoxy) is 1. The normalized spacial score (nSPS) is 11.7. The molecule has 3 aromatic heterocycles. The lowest BCUT2D eigenvalue weighted by molar-refractivity contribution is 0.132. The summed E-state index contributed by atoms with van der Waals surface area (Å²) >= 11 is 14.1. The maximum atomic E-state index is 13.3. The van der Waals surface area contributed by atoms with E-state index in [9.17, 15) is 4.79 Å². The lowest BCUT2D eigenvalue weighted by Crippen LogP contribution is -2.20. The fraction of sp³-hybridized carbons (Fsp3) is 0.200. The van der Waals surface area contributed by atoms with Crippen molar-refractivity contribution in [2.45, 2.75) is 13.5 Å². The van der Waals surface area contributed by atoms with Crippen molar-refractivity contribution in [3.05, 3.63) is 73.9 Å². The van der Waals surface area contributed by atoms with Gasteiger partial charge in [0.2, 0.25) is 0 Å². The Balaban J connectivity index is 1.73. The molecule has 168 valence electrons. The van der Waals surface area contributed by atoms with Gasteiger partial charge in [0.1, 0.15) is 10.7 Å². The van der Waals surface area contributed by atoms with Crippen LogP contribution in [0.4, 0.5) is 0 Å². The Labute approximate surface area is 204 Å². The maximum absolute atomic E-state index is 13.3. The molecule has 0 bridgehead atoms. The molecule has 0 radical (unpaired) electrons. The third kappa shape index (κ3) is 3.77. The van der Waals surface area contributed by atoms with Gasteiger partial charge in [-0.25, -0.2) is 4.98 Å². The average Bonchev–Trinajstić information content (AvgIpc) is 3.38. The van der Waals surface area contributed by atoms with Gasteiger partial charge in [-0.05, 0) is 43.3 Å². The summed E-state index contributed by atoms with van der Waals surface area (Å²) < 4.78 is 9.21. The molecule has 0 fully saturated rings. The molecule has 0 atom stereocenters. The Morgan fingerprint density at radius 2 is 1.82 bits per heavy atom. The molecule has 33 heavy (non-hydrogen) atoms. The van der Waals surface area contributed by atoms with Gasteiger partial charge >= 0.3 is 0 Å². The van der Waals surface area contributed by atoms with Crippen LogP contribution in [0.25, 0.3) is 43.6 Å². The molecule has 0 unspecified atom stereocenters. The molecule has 0 saturated carbocycles. The van der Waals surface area contributed by atoms with E-state index in [0.29, 0.717) is 34.4 Å². The number of aryl methyl sites for hydroxylation is 2. The largest absolute Gasteiger partial charge is 0.375 e. The van der Waals surface area contributed by atoms with Gasteiger partial charge in [-0.15, -0.1) is 11.3 Å². The Morgan fingerprint density at radius 3 is 2.58 bits per heavy atom. The van der Waals surface area contributed by atoms with Gasteiger partial charge in [-0.1, -0.05) is 29.3 Å². The van der Waals surface area contributed by atoms with Gasteiger partial charge in [0.05, 0.1) is 22.8 Å². The molecule has 5 aromatic rings. The first kappa shape index (κ1) is 22.2. The van der Waals surface area contributed by atoms with Crippen LogP contribution in [0.5, 0.6) is 0 Å². The second-order valence-corrected chi connectivity index (χ2v) is 9.56. The van der Waals surface area contributed by atoms with Gasteiger partial charge in [0.25, 0.3) is 5.56 Å². The molecule has 0 aliphatic rings. The molecule has 0 aliphatic heterocycles. The van der Waals surface area contributed by atoms with Crippen molar-refractivity contribution >= 4 is 56.5 Å². The predicted octanol–water partition coefficient (Wildman–Crippen LogP) is 6.66. The van der Waals surface area contributed by atoms with Crippen LogP contribution in [0.3, 0.4) is 0 Å². The van der Waals surface area contributed by atoms with Crippen molar-refractivity contribution in [3.8, 4) is 21.7 Å². The van der Waals surface area contributed by atoms with E-state index in [1.807, 2.05) is 30.0 Å². The van der Waals surface area contributed by atoms with Crippen molar-refractivity contribution in [2.75, 3.05) is 6.61 Å². The van der Waals surface area contributed by atoms with Crippen molar-refractivity contribution in [1.82, 2.24) is 14.1 Å². The van der Waals surface area contributed by atoms with Crippen LogP contribution < -0.4 is 5.56 Å². The third-order valence-electron chi connectivity index (χ3n) is 5.82. The average molecular weight is 498 g/mol. The molecular formula is C25H21Cl2N3O2S. The molecule has 0 N–H and O–H groups in total. The first-order valence-corrected chi connectivity index (χ1v) is 12.1. The van der Waals surface area contributed by atoms with E-state index >= 15 is 0 Å². The number of aromatic nitrogens is 3. The molecule has 0 aliphatic carbocycles. The molecule has 0 spiro atoms. The summed E-state index contributed by atoms with van der Waals surface area (Å²) in [5.41, 5.74) is 4.93. The highest BCUT2D eigenvalue weighted by Crippen LogP contribution is 2.35. The number of halogens is 2. The highest BCUT2D eigenvalue weighted by atomic mass is 35.5. The van der Waals surface area contributed by atoms with Crippen LogP contribution in [-0.2, 0) is 25.4 Å². The second kappa shape index (κ2) is 8.61. The van der Waals surface area contributed by atoms with E-state index in [0.717, 1.165) is 38.2 Å². The zero-order valence-electron chi connectivity index (χ0n) is 18.4. The Morgan fingerprint density at radius 1 is 1.00 bits per heavy atom.